The molecule has 0 bridgehead atoms. The average molecular weight is 453 g/mol. The van der Waals surface area contributed by atoms with Gasteiger partial charge in [-0.2, -0.15) is 0 Å². The molecule has 1 heterocycles. The molecule has 176 valence electrons. The van der Waals surface area contributed by atoms with Crippen molar-refractivity contribution < 1.29 is 19.2 Å². The minimum atomic E-state index is -0.567. The molecule has 2 aromatic carbocycles. The number of hydrogen-bond acceptors (Lipinski definition) is 6. The molecule has 2 N–H and O–H groups in total. The summed E-state index contributed by atoms with van der Waals surface area (Å²) >= 11 is 0. The van der Waals surface area contributed by atoms with Crippen molar-refractivity contribution >= 4 is 16.9 Å². The van der Waals surface area contributed by atoms with Crippen molar-refractivity contribution in [3.8, 4) is 5.75 Å². The van der Waals surface area contributed by atoms with E-state index in [0.717, 1.165) is 35.2 Å². The Morgan fingerprint density at radius 2 is 1.91 bits per heavy atom. The van der Waals surface area contributed by atoms with Gasteiger partial charge in [0.25, 0.3) is 0 Å². The topological polar surface area (TPSA) is 92.0 Å². The Kier molecular flexibility index (Phi) is 8.63. The van der Waals surface area contributed by atoms with Crippen LogP contribution in [0.25, 0.3) is 11.0 Å². The molecule has 0 fully saturated rings. The predicted octanol–water partition coefficient (Wildman–Crippen LogP) is 3.73. The lowest BCUT2D eigenvalue weighted by molar-refractivity contribution is -0.133. The standard InChI is InChI=1S/C26H32N2O5/c1-18-5-12-24-21(15-18)17-22(26(30)33-24)16-20(25(29)27-31)9-6-19-7-10-23(11-8-19)32-14-4-13-28(2)3/h5,7-8,10-12,15,17,20,31H,4,6,9,13-14,16H2,1-3H3,(H,27,29). The molecule has 0 aliphatic rings. The van der Waals surface area contributed by atoms with Gasteiger partial charge in [-0.05, 0) is 82.6 Å². The highest BCUT2D eigenvalue weighted by Gasteiger charge is 2.21. The zero-order valence-corrected chi connectivity index (χ0v) is 19.5. The number of aryl methyl sites for hydroxylation is 2. The van der Waals surface area contributed by atoms with Crippen molar-refractivity contribution in [3.05, 3.63) is 75.6 Å². The van der Waals surface area contributed by atoms with E-state index in [0.29, 0.717) is 30.6 Å². The molecule has 7 heteroatoms. The molecule has 0 aliphatic heterocycles. The van der Waals surface area contributed by atoms with Crippen molar-refractivity contribution in [1.29, 1.82) is 0 Å². The summed E-state index contributed by atoms with van der Waals surface area (Å²) in [4.78, 5) is 26.9. The molecule has 1 unspecified atom stereocenters. The van der Waals surface area contributed by atoms with Crippen molar-refractivity contribution in [1.82, 2.24) is 10.4 Å². The van der Waals surface area contributed by atoms with Crippen LogP contribution in [0.5, 0.6) is 5.75 Å². The van der Waals surface area contributed by atoms with Gasteiger partial charge in [0.1, 0.15) is 11.3 Å². The minimum absolute atomic E-state index is 0.186. The summed E-state index contributed by atoms with van der Waals surface area (Å²) in [6, 6.07) is 15.2. The summed E-state index contributed by atoms with van der Waals surface area (Å²) in [5.74, 6) is -0.270. The van der Waals surface area contributed by atoms with Gasteiger partial charge in [0.2, 0.25) is 5.91 Å². The maximum Gasteiger partial charge on any atom is 0.339 e. The zero-order chi connectivity index (χ0) is 23.8. The largest absolute Gasteiger partial charge is 0.494 e. The highest BCUT2D eigenvalue weighted by atomic mass is 16.5. The number of rotatable bonds is 11. The minimum Gasteiger partial charge on any atom is -0.494 e. The molecular formula is C26H32N2O5. The molecule has 3 rings (SSSR count). The van der Waals surface area contributed by atoms with E-state index in [1.807, 2.05) is 57.4 Å². The van der Waals surface area contributed by atoms with E-state index in [-0.39, 0.29) is 6.42 Å². The highest BCUT2D eigenvalue weighted by Crippen LogP contribution is 2.20. The third-order valence-corrected chi connectivity index (χ3v) is 5.63. The summed E-state index contributed by atoms with van der Waals surface area (Å²) in [5.41, 5.74) is 4.31. The molecule has 0 radical (unpaired) electrons. The quantitative estimate of drug-likeness (QED) is 0.199. The number of carbonyl (C=O) groups excluding carboxylic acids is 1. The fourth-order valence-corrected chi connectivity index (χ4v) is 3.77. The number of nitrogens with one attached hydrogen (secondary N) is 1. The first kappa shape index (κ1) is 24.5. The van der Waals surface area contributed by atoms with E-state index in [1.165, 1.54) is 0 Å². The second kappa shape index (κ2) is 11.6. The van der Waals surface area contributed by atoms with E-state index < -0.39 is 17.5 Å². The molecule has 1 amide bonds. The van der Waals surface area contributed by atoms with Crippen LogP contribution in [0.1, 0.15) is 29.5 Å². The van der Waals surface area contributed by atoms with Crippen LogP contribution in [0.15, 0.2) is 57.7 Å². The van der Waals surface area contributed by atoms with Crippen molar-refractivity contribution in [2.75, 3.05) is 27.2 Å². The third kappa shape index (κ3) is 7.17. The Morgan fingerprint density at radius 1 is 1.15 bits per heavy atom. The monoisotopic (exact) mass is 452 g/mol. The van der Waals surface area contributed by atoms with Gasteiger partial charge in [-0.15, -0.1) is 0 Å². The number of hydroxylamine groups is 1. The molecule has 33 heavy (non-hydrogen) atoms. The number of benzene rings is 2. The first-order valence-electron chi connectivity index (χ1n) is 11.2. The predicted molar refractivity (Wildman–Crippen MR) is 128 cm³/mol. The maximum atomic E-state index is 12.4. The Balaban J connectivity index is 1.63. The normalized spacial score (nSPS) is 12.2. The lowest BCUT2D eigenvalue weighted by Crippen LogP contribution is -2.31. The van der Waals surface area contributed by atoms with Crippen LogP contribution < -0.4 is 15.8 Å². The third-order valence-electron chi connectivity index (χ3n) is 5.63. The molecule has 7 nitrogen and oxygen atoms in total. The van der Waals surface area contributed by atoms with Crippen LogP contribution in [0, 0.1) is 12.8 Å². The van der Waals surface area contributed by atoms with Gasteiger partial charge in [-0.3, -0.25) is 10.0 Å². The summed E-state index contributed by atoms with van der Waals surface area (Å²) in [5, 5.41) is 10.0. The van der Waals surface area contributed by atoms with Gasteiger partial charge < -0.3 is 14.1 Å². The summed E-state index contributed by atoms with van der Waals surface area (Å²) < 4.78 is 11.2. The Hall–Kier alpha value is -3.16. The number of amides is 1. The first-order valence-corrected chi connectivity index (χ1v) is 11.2. The van der Waals surface area contributed by atoms with Crippen LogP contribution >= 0.6 is 0 Å². The Bertz CT molecular complexity index is 1120. The number of fused-ring (bicyclic) bond motifs is 1. The van der Waals surface area contributed by atoms with Gasteiger partial charge in [0, 0.05) is 23.4 Å². The van der Waals surface area contributed by atoms with E-state index in [2.05, 4.69) is 4.90 Å². The zero-order valence-electron chi connectivity index (χ0n) is 19.5. The van der Waals surface area contributed by atoms with Crippen molar-refractivity contribution in [2.45, 2.75) is 32.6 Å². The smallest absolute Gasteiger partial charge is 0.339 e. The fourth-order valence-electron chi connectivity index (χ4n) is 3.77. The molecule has 1 atom stereocenters. The molecule has 0 saturated carbocycles. The molecule has 0 aliphatic carbocycles. The maximum absolute atomic E-state index is 12.4. The first-order chi connectivity index (χ1) is 15.9. The second-order valence-electron chi connectivity index (χ2n) is 8.67. The lowest BCUT2D eigenvalue weighted by Gasteiger charge is -2.15. The van der Waals surface area contributed by atoms with Gasteiger partial charge in [0.15, 0.2) is 0 Å². The van der Waals surface area contributed by atoms with Gasteiger partial charge in [-0.25, -0.2) is 10.3 Å². The summed E-state index contributed by atoms with van der Waals surface area (Å²) in [6.07, 6.45) is 2.23. The van der Waals surface area contributed by atoms with Crippen LogP contribution in [-0.2, 0) is 17.6 Å². The van der Waals surface area contributed by atoms with E-state index in [9.17, 15) is 14.8 Å². The van der Waals surface area contributed by atoms with Gasteiger partial charge >= 0.3 is 5.63 Å². The second-order valence-corrected chi connectivity index (χ2v) is 8.67. The fraction of sp³-hybridized carbons (Fsp3) is 0.385. The summed E-state index contributed by atoms with van der Waals surface area (Å²) in [7, 11) is 4.07. The van der Waals surface area contributed by atoms with E-state index in [1.54, 1.807) is 17.6 Å². The summed E-state index contributed by atoms with van der Waals surface area (Å²) in [6.45, 7) is 3.60. The van der Waals surface area contributed by atoms with E-state index in [4.69, 9.17) is 9.15 Å². The number of nitrogens with zero attached hydrogens (tertiary/aromatic N) is 1. The number of ether oxygens (including phenoxy) is 1. The Labute approximate surface area is 193 Å². The Morgan fingerprint density at radius 3 is 2.61 bits per heavy atom. The van der Waals surface area contributed by atoms with E-state index >= 15 is 0 Å². The molecule has 0 saturated heterocycles. The number of hydrogen-bond donors (Lipinski definition) is 2. The van der Waals surface area contributed by atoms with Crippen LogP contribution in [0.3, 0.4) is 0 Å². The molecule has 3 aromatic rings. The van der Waals surface area contributed by atoms with Crippen LogP contribution in [0.2, 0.25) is 0 Å². The SMILES string of the molecule is Cc1ccc2oc(=O)c(CC(CCc3ccc(OCCCN(C)C)cc3)C(=O)NO)cc2c1. The van der Waals surface area contributed by atoms with Crippen LogP contribution in [0.4, 0.5) is 0 Å². The molecule has 0 spiro atoms. The molecule has 1 aromatic heterocycles. The van der Waals surface area contributed by atoms with Gasteiger partial charge in [0.05, 0.1) is 6.61 Å². The molecular weight excluding hydrogens is 420 g/mol. The highest BCUT2D eigenvalue weighted by molar-refractivity contribution is 5.79. The lowest BCUT2D eigenvalue weighted by atomic mass is 9.92. The van der Waals surface area contributed by atoms with Gasteiger partial charge in [-0.1, -0.05) is 23.8 Å². The average Bonchev–Trinajstić information content (AvgIpc) is 2.80. The number of carbonyl (C=O) groups is 1. The van der Waals surface area contributed by atoms with Crippen LogP contribution in [-0.4, -0.2) is 43.3 Å². The van der Waals surface area contributed by atoms with Crippen molar-refractivity contribution in [2.24, 2.45) is 5.92 Å². The van der Waals surface area contributed by atoms with Crippen molar-refractivity contribution in [3.63, 3.8) is 0 Å².